The molecule has 1 aromatic rings. The fourth-order valence-corrected chi connectivity index (χ4v) is 3.73. The summed E-state index contributed by atoms with van der Waals surface area (Å²) in [4.78, 5) is 37.5. The molecule has 0 bridgehead atoms. The largest absolute Gasteiger partial charge is 0.481 e. The van der Waals surface area contributed by atoms with Gasteiger partial charge in [0, 0.05) is 5.02 Å². The maximum atomic E-state index is 12.8. The summed E-state index contributed by atoms with van der Waals surface area (Å²) in [7, 11) is 0. The van der Waals surface area contributed by atoms with Gasteiger partial charge in [-0.2, -0.15) is 5.01 Å². The van der Waals surface area contributed by atoms with E-state index in [1.54, 1.807) is 25.1 Å². The van der Waals surface area contributed by atoms with E-state index in [1.165, 1.54) is 0 Å². The summed E-state index contributed by atoms with van der Waals surface area (Å²) in [6, 6.07) is 4.47. The van der Waals surface area contributed by atoms with Gasteiger partial charge < -0.3 is 10.1 Å². The molecule has 4 amide bonds. The third-order valence-corrected chi connectivity index (χ3v) is 5.56. The number of nitrogens with zero attached hydrogens (tertiary/aromatic N) is 1. The first-order valence-corrected chi connectivity index (χ1v) is 9.49. The second kappa shape index (κ2) is 7.38. The molecule has 2 aliphatic rings. The fourth-order valence-electron chi connectivity index (χ4n) is 3.51. The average Bonchev–Trinajstić information content (AvgIpc) is 2.84. The first kappa shape index (κ1) is 19.5. The van der Waals surface area contributed by atoms with Gasteiger partial charge in [0.15, 0.2) is 6.10 Å². The number of imide groups is 1. The van der Waals surface area contributed by atoms with Crippen molar-refractivity contribution < 1.29 is 19.1 Å². The van der Waals surface area contributed by atoms with E-state index in [-0.39, 0.29) is 0 Å². The summed E-state index contributed by atoms with van der Waals surface area (Å²) >= 11 is 5.92. The first-order chi connectivity index (χ1) is 12.7. The lowest BCUT2D eigenvalue weighted by Crippen LogP contribution is -2.53. The van der Waals surface area contributed by atoms with Crippen LogP contribution < -0.4 is 15.5 Å². The highest BCUT2D eigenvalue weighted by atomic mass is 35.5. The maximum Gasteiger partial charge on any atom is 0.344 e. The number of hydrogen-bond donors (Lipinski definition) is 2. The molecule has 0 aromatic heterocycles. The van der Waals surface area contributed by atoms with Gasteiger partial charge in [-0.1, -0.05) is 18.5 Å². The van der Waals surface area contributed by atoms with E-state index in [9.17, 15) is 14.4 Å². The standard InChI is InChI=1S/C19H24ClN3O4/c1-11-6-8-19(9-7-11)17(25)23(18(26)21-19)22-16(24)13(3)27-15-5-4-14(20)10-12(15)2/h4-5,10-11,13H,6-9H2,1-3H3,(H,21,26)(H,22,24). The second-order valence-electron chi connectivity index (χ2n) is 7.48. The Kier molecular flexibility index (Phi) is 5.33. The molecule has 1 spiro atoms. The molecule has 7 nitrogen and oxygen atoms in total. The van der Waals surface area contributed by atoms with Crippen LogP contribution in [0.2, 0.25) is 5.02 Å². The van der Waals surface area contributed by atoms with Crippen molar-refractivity contribution in [2.45, 2.75) is 58.1 Å². The SMILES string of the molecule is Cc1cc(Cl)ccc1OC(C)C(=O)NN1C(=O)NC2(CCC(C)CC2)C1=O. The minimum atomic E-state index is -0.895. The zero-order valence-electron chi connectivity index (χ0n) is 15.7. The maximum absolute atomic E-state index is 12.8. The Morgan fingerprint density at radius 3 is 2.67 bits per heavy atom. The number of aryl methyl sites for hydroxylation is 1. The lowest BCUT2D eigenvalue weighted by atomic mass is 9.77. The minimum absolute atomic E-state index is 0.400. The minimum Gasteiger partial charge on any atom is -0.481 e. The highest BCUT2D eigenvalue weighted by molar-refractivity contribution is 6.30. The molecule has 1 unspecified atom stereocenters. The number of amides is 4. The molecule has 1 heterocycles. The molecule has 1 aliphatic carbocycles. The predicted molar refractivity (Wildman–Crippen MR) is 100 cm³/mol. The van der Waals surface area contributed by atoms with Crippen molar-refractivity contribution in [3.8, 4) is 5.75 Å². The number of carbonyl (C=O) groups excluding carboxylic acids is 3. The van der Waals surface area contributed by atoms with Crippen LogP contribution in [0.3, 0.4) is 0 Å². The Morgan fingerprint density at radius 2 is 2.04 bits per heavy atom. The highest BCUT2D eigenvalue weighted by Crippen LogP contribution is 2.35. The molecule has 27 heavy (non-hydrogen) atoms. The molecule has 1 atom stereocenters. The van der Waals surface area contributed by atoms with Crippen molar-refractivity contribution >= 4 is 29.4 Å². The van der Waals surface area contributed by atoms with Crippen LogP contribution in [0.4, 0.5) is 4.79 Å². The molecule has 2 N–H and O–H groups in total. The van der Waals surface area contributed by atoms with E-state index in [0.717, 1.165) is 23.4 Å². The Bertz CT molecular complexity index is 774. The van der Waals surface area contributed by atoms with E-state index in [2.05, 4.69) is 17.7 Å². The number of hydrogen-bond acceptors (Lipinski definition) is 4. The fraction of sp³-hybridized carbons (Fsp3) is 0.526. The van der Waals surface area contributed by atoms with Gasteiger partial charge in [0.1, 0.15) is 11.3 Å². The van der Waals surface area contributed by atoms with Crippen molar-refractivity contribution in [3.05, 3.63) is 28.8 Å². The third kappa shape index (κ3) is 3.88. The van der Waals surface area contributed by atoms with E-state index in [0.29, 0.717) is 29.5 Å². The van der Waals surface area contributed by atoms with Crippen LogP contribution in [0.15, 0.2) is 18.2 Å². The van der Waals surface area contributed by atoms with Crippen LogP contribution in [-0.2, 0) is 9.59 Å². The van der Waals surface area contributed by atoms with Crippen LogP contribution in [0.25, 0.3) is 0 Å². The molecule has 2 fully saturated rings. The van der Waals surface area contributed by atoms with E-state index < -0.39 is 29.5 Å². The number of ether oxygens (including phenoxy) is 1. The Balaban J connectivity index is 1.64. The monoisotopic (exact) mass is 393 g/mol. The Hall–Kier alpha value is -2.28. The lowest BCUT2D eigenvalue weighted by molar-refractivity contribution is -0.142. The summed E-state index contributed by atoms with van der Waals surface area (Å²) in [5, 5.41) is 4.12. The molecule has 3 rings (SSSR count). The quantitative estimate of drug-likeness (QED) is 0.770. The summed E-state index contributed by atoms with van der Waals surface area (Å²) in [5.41, 5.74) is 2.28. The predicted octanol–water partition coefficient (Wildman–Crippen LogP) is 2.95. The average molecular weight is 394 g/mol. The summed E-state index contributed by atoms with van der Waals surface area (Å²) < 4.78 is 5.65. The van der Waals surface area contributed by atoms with Crippen molar-refractivity contribution in [3.63, 3.8) is 0 Å². The van der Waals surface area contributed by atoms with Crippen LogP contribution in [0.1, 0.15) is 45.1 Å². The highest BCUT2D eigenvalue weighted by Gasteiger charge is 2.53. The molecule has 0 radical (unpaired) electrons. The number of carbonyl (C=O) groups is 3. The molecule has 1 aliphatic heterocycles. The molecule has 1 saturated carbocycles. The van der Waals surface area contributed by atoms with Gasteiger partial charge in [-0.05, 0) is 69.2 Å². The van der Waals surface area contributed by atoms with Crippen molar-refractivity contribution in [1.82, 2.24) is 15.8 Å². The van der Waals surface area contributed by atoms with Gasteiger partial charge in [0.05, 0.1) is 0 Å². The number of halogens is 1. The van der Waals surface area contributed by atoms with Gasteiger partial charge in [-0.3, -0.25) is 15.0 Å². The van der Waals surface area contributed by atoms with Crippen LogP contribution in [-0.4, -0.2) is 34.5 Å². The van der Waals surface area contributed by atoms with Gasteiger partial charge in [-0.25, -0.2) is 4.79 Å². The van der Waals surface area contributed by atoms with Crippen molar-refractivity contribution in [1.29, 1.82) is 0 Å². The lowest BCUT2D eigenvalue weighted by Gasteiger charge is -2.33. The molecule has 146 valence electrons. The normalized spacial score (nSPS) is 26.1. The van der Waals surface area contributed by atoms with Crippen LogP contribution >= 0.6 is 11.6 Å². The zero-order valence-corrected chi connectivity index (χ0v) is 16.4. The van der Waals surface area contributed by atoms with Gasteiger partial charge >= 0.3 is 6.03 Å². The zero-order chi connectivity index (χ0) is 19.8. The van der Waals surface area contributed by atoms with Crippen LogP contribution in [0.5, 0.6) is 5.75 Å². The molecule has 8 heteroatoms. The topological polar surface area (TPSA) is 87.7 Å². The van der Waals surface area contributed by atoms with E-state index in [1.807, 2.05) is 6.92 Å². The van der Waals surface area contributed by atoms with Crippen molar-refractivity contribution in [2.24, 2.45) is 5.92 Å². The Labute approximate surface area is 163 Å². The summed E-state index contributed by atoms with van der Waals surface area (Å²) in [5.74, 6) is 0.0636. The van der Waals surface area contributed by atoms with E-state index in [4.69, 9.17) is 16.3 Å². The van der Waals surface area contributed by atoms with Gasteiger partial charge in [-0.15, -0.1) is 0 Å². The van der Waals surface area contributed by atoms with E-state index >= 15 is 0 Å². The number of hydrazine groups is 1. The van der Waals surface area contributed by atoms with Gasteiger partial charge in [0.25, 0.3) is 11.8 Å². The smallest absolute Gasteiger partial charge is 0.344 e. The number of nitrogens with one attached hydrogen (secondary N) is 2. The summed E-state index contributed by atoms with van der Waals surface area (Å²) in [6.45, 7) is 5.50. The summed E-state index contributed by atoms with van der Waals surface area (Å²) in [6.07, 6.45) is 2.00. The first-order valence-electron chi connectivity index (χ1n) is 9.12. The van der Waals surface area contributed by atoms with Gasteiger partial charge in [0.2, 0.25) is 0 Å². The molecule has 1 saturated heterocycles. The van der Waals surface area contributed by atoms with Crippen LogP contribution in [0, 0.1) is 12.8 Å². The number of rotatable bonds is 4. The van der Waals surface area contributed by atoms with Crippen molar-refractivity contribution in [2.75, 3.05) is 0 Å². The third-order valence-electron chi connectivity index (χ3n) is 5.32. The molecular weight excluding hydrogens is 370 g/mol. The molecular formula is C19H24ClN3O4. The number of benzene rings is 1. The second-order valence-corrected chi connectivity index (χ2v) is 7.92. The number of urea groups is 1. The molecule has 1 aromatic carbocycles. The Morgan fingerprint density at radius 1 is 1.37 bits per heavy atom.